The Balaban J connectivity index is 1.08. The summed E-state index contributed by atoms with van der Waals surface area (Å²) in [6.07, 6.45) is 0.197. The van der Waals surface area contributed by atoms with Gasteiger partial charge >= 0.3 is 11.7 Å². The maximum absolute atomic E-state index is 12.8. The van der Waals surface area contributed by atoms with Gasteiger partial charge in [0.1, 0.15) is 18.2 Å². The van der Waals surface area contributed by atoms with Crippen molar-refractivity contribution < 1.29 is 31.1 Å². The van der Waals surface area contributed by atoms with Crippen molar-refractivity contribution in [1.82, 2.24) is 9.97 Å². The van der Waals surface area contributed by atoms with Crippen LogP contribution >= 0.6 is 11.8 Å². The Bertz CT molecular complexity index is 1270. The first-order valence-corrected chi connectivity index (χ1v) is 14.1. The van der Waals surface area contributed by atoms with E-state index in [4.69, 9.17) is 4.74 Å². The summed E-state index contributed by atoms with van der Waals surface area (Å²) in [5.74, 6) is 1.25. The second-order valence-corrected chi connectivity index (χ2v) is 11.2. The lowest BCUT2D eigenvalue weighted by molar-refractivity contribution is -0.137. The highest BCUT2D eigenvalue weighted by atomic mass is 32.2. The van der Waals surface area contributed by atoms with E-state index in [0.717, 1.165) is 62.4 Å². The molecule has 3 aromatic rings. The van der Waals surface area contributed by atoms with Gasteiger partial charge in [-0.25, -0.2) is 9.97 Å². The van der Waals surface area contributed by atoms with Gasteiger partial charge in [0.2, 0.25) is 5.88 Å². The van der Waals surface area contributed by atoms with Crippen molar-refractivity contribution in [3.05, 3.63) is 66.5 Å². The topological polar surface area (TPSA) is 53.5 Å². The van der Waals surface area contributed by atoms with Gasteiger partial charge in [-0.1, -0.05) is 0 Å². The molecule has 5 rings (SSSR count). The molecular formula is C28H29F6N5OS. The van der Waals surface area contributed by atoms with E-state index in [1.54, 1.807) is 12.1 Å². The van der Waals surface area contributed by atoms with E-state index in [1.807, 2.05) is 6.07 Å². The maximum Gasteiger partial charge on any atom is 0.446 e. The van der Waals surface area contributed by atoms with Crippen LogP contribution in [0, 0.1) is 0 Å². The number of rotatable bonds is 7. The highest BCUT2D eigenvalue weighted by Crippen LogP contribution is 2.37. The van der Waals surface area contributed by atoms with E-state index < -0.39 is 17.2 Å². The molecule has 2 saturated heterocycles. The second-order valence-electron chi connectivity index (χ2n) is 10.0. The average Bonchev–Trinajstić information content (AvgIpc) is 2.94. The SMILES string of the molecule is FC(F)(F)Sc1ccc(N2CCC(Oc3cc(N4CCC(Nc5ccc(C(F)(F)F)cc5)CC4)ncn3)CC2)cc1. The van der Waals surface area contributed by atoms with Crippen LogP contribution in [0.25, 0.3) is 0 Å². The van der Waals surface area contributed by atoms with Gasteiger partial charge in [-0.2, -0.15) is 26.3 Å². The van der Waals surface area contributed by atoms with Crippen LogP contribution in [0.1, 0.15) is 31.2 Å². The van der Waals surface area contributed by atoms with Crippen molar-refractivity contribution in [2.45, 2.75) is 54.4 Å². The molecule has 2 aliphatic rings. The summed E-state index contributed by atoms with van der Waals surface area (Å²) >= 11 is -0.118. The number of ether oxygens (including phenoxy) is 1. The number of hydrogen-bond donors (Lipinski definition) is 1. The van der Waals surface area contributed by atoms with E-state index >= 15 is 0 Å². The number of alkyl halides is 6. The zero-order valence-corrected chi connectivity index (χ0v) is 22.8. The van der Waals surface area contributed by atoms with Crippen LogP contribution in [0.4, 0.5) is 43.5 Å². The van der Waals surface area contributed by atoms with Crippen LogP contribution in [0.3, 0.4) is 0 Å². The Morgan fingerprint density at radius 2 is 1.41 bits per heavy atom. The molecule has 1 aromatic heterocycles. The molecule has 41 heavy (non-hydrogen) atoms. The normalized spacial score (nSPS) is 17.5. The molecule has 0 amide bonds. The van der Waals surface area contributed by atoms with Crippen molar-refractivity contribution in [1.29, 1.82) is 0 Å². The van der Waals surface area contributed by atoms with Gasteiger partial charge in [-0.05, 0) is 73.1 Å². The second kappa shape index (κ2) is 12.3. The number of thioether (sulfide) groups is 1. The van der Waals surface area contributed by atoms with Gasteiger partial charge in [0.25, 0.3) is 0 Å². The number of hydrogen-bond acceptors (Lipinski definition) is 7. The minimum Gasteiger partial charge on any atom is -0.474 e. The Morgan fingerprint density at radius 1 is 0.780 bits per heavy atom. The largest absolute Gasteiger partial charge is 0.474 e. The highest BCUT2D eigenvalue weighted by molar-refractivity contribution is 8.00. The monoisotopic (exact) mass is 597 g/mol. The van der Waals surface area contributed by atoms with Crippen LogP contribution in [-0.4, -0.2) is 53.8 Å². The van der Waals surface area contributed by atoms with E-state index in [1.165, 1.54) is 30.6 Å². The number of piperidine rings is 2. The lowest BCUT2D eigenvalue weighted by Crippen LogP contribution is -2.39. The third-order valence-electron chi connectivity index (χ3n) is 7.19. The molecule has 3 heterocycles. The highest BCUT2D eigenvalue weighted by Gasteiger charge is 2.31. The fraction of sp³-hybridized carbons (Fsp3) is 0.429. The summed E-state index contributed by atoms with van der Waals surface area (Å²) in [5, 5.41) is 3.32. The first kappa shape index (κ1) is 29.2. The van der Waals surface area contributed by atoms with Gasteiger partial charge in [-0.15, -0.1) is 0 Å². The summed E-state index contributed by atoms with van der Waals surface area (Å²) in [5.41, 5.74) is -3.42. The summed E-state index contributed by atoms with van der Waals surface area (Å²) < 4.78 is 82.3. The van der Waals surface area contributed by atoms with E-state index in [2.05, 4.69) is 25.1 Å². The number of nitrogens with one attached hydrogen (secondary N) is 1. The molecule has 220 valence electrons. The molecule has 0 aliphatic carbocycles. The fourth-order valence-electron chi connectivity index (χ4n) is 5.07. The molecular weight excluding hydrogens is 568 g/mol. The number of aromatic nitrogens is 2. The van der Waals surface area contributed by atoms with E-state index in [-0.39, 0.29) is 28.8 Å². The van der Waals surface area contributed by atoms with Crippen molar-refractivity contribution >= 4 is 29.0 Å². The molecule has 2 aromatic carbocycles. The maximum atomic E-state index is 12.8. The van der Waals surface area contributed by atoms with Gasteiger partial charge in [0.05, 0.1) is 5.56 Å². The summed E-state index contributed by atoms with van der Waals surface area (Å²) in [6.45, 7) is 2.89. The Labute approximate surface area is 238 Å². The zero-order valence-electron chi connectivity index (χ0n) is 22.0. The van der Waals surface area contributed by atoms with Crippen molar-refractivity contribution in [2.24, 2.45) is 0 Å². The van der Waals surface area contributed by atoms with Crippen LogP contribution in [0.5, 0.6) is 5.88 Å². The molecule has 1 N–H and O–H groups in total. The summed E-state index contributed by atoms with van der Waals surface area (Å²) in [6, 6.07) is 13.5. The number of benzene rings is 2. The van der Waals surface area contributed by atoms with Crippen LogP contribution in [0.2, 0.25) is 0 Å². The molecule has 2 aliphatic heterocycles. The van der Waals surface area contributed by atoms with Gasteiger partial charge in [-0.3, -0.25) is 0 Å². The average molecular weight is 598 g/mol. The predicted molar refractivity (Wildman–Crippen MR) is 147 cm³/mol. The van der Waals surface area contributed by atoms with Crippen molar-refractivity contribution in [3.8, 4) is 5.88 Å². The van der Waals surface area contributed by atoms with Crippen LogP contribution in [0.15, 0.2) is 65.8 Å². The molecule has 0 unspecified atom stereocenters. The minimum atomic E-state index is -4.35. The van der Waals surface area contributed by atoms with Crippen molar-refractivity contribution in [3.63, 3.8) is 0 Å². The van der Waals surface area contributed by atoms with Crippen molar-refractivity contribution in [2.75, 3.05) is 41.3 Å². The summed E-state index contributed by atoms with van der Waals surface area (Å²) in [4.78, 5) is 13.1. The zero-order chi connectivity index (χ0) is 29.0. The first-order chi connectivity index (χ1) is 19.5. The van der Waals surface area contributed by atoms with Gasteiger partial charge < -0.3 is 19.9 Å². The Morgan fingerprint density at radius 3 is 2.02 bits per heavy atom. The lowest BCUT2D eigenvalue weighted by Gasteiger charge is -2.34. The molecule has 0 radical (unpaired) electrons. The van der Waals surface area contributed by atoms with E-state index in [0.29, 0.717) is 24.7 Å². The first-order valence-electron chi connectivity index (χ1n) is 13.3. The molecule has 0 atom stereocenters. The van der Waals surface area contributed by atoms with Gasteiger partial charge in [0, 0.05) is 67.4 Å². The number of halogens is 6. The minimum absolute atomic E-state index is 0.0345. The fourth-order valence-corrected chi connectivity index (χ4v) is 5.61. The smallest absolute Gasteiger partial charge is 0.446 e. The van der Waals surface area contributed by atoms with Crippen LogP contribution in [-0.2, 0) is 6.18 Å². The van der Waals surface area contributed by atoms with Crippen LogP contribution < -0.4 is 19.9 Å². The van der Waals surface area contributed by atoms with E-state index in [9.17, 15) is 26.3 Å². The lowest BCUT2D eigenvalue weighted by atomic mass is 10.0. The molecule has 2 fully saturated rings. The molecule has 0 bridgehead atoms. The standard InChI is InChI=1S/C28H29F6N5OS/c29-27(30,31)19-1-3-20(4-2-19)37-21-9-13-39(14-10-21)25-17-26(36-18-35-25)40-23-11-15-38(16-12-23)22-5-7-24(8-6-22)41-28(32,33)34/h1-8,17-18,21,23,37H,9-16H2. The molecule has 6 nitrogen and oxygen atoms in total. The number of nitrogens with zero attached hydrogens (tertiary/aromatic N) is 4. The quantitative estimate of drug-likeness (QED) is 0.228. The number of anilines is 3. The molecule has 0 saturated carbocycles. The Hall–Kier alpha value is -3.35. The third kappa shape index (κ3) is 8.11. The third-order valence-corrected chi connectivity index (χ3v) is 7.93. The van der Waals surface area contributed by atoms with Gasteiger partial charge in [0.15, 0.2) is 0 Å². The summed E-state index contributed by atoms with van der Waals surface area (Å²) in [7, 11) is 0. The predicted octanol–water partition coefficient (Wildman–Crippen LogP) is 7.24. The molecule has 13 heteroatoms. The Kier molecular flexibility index (Phi) is 8.71. The molecule has 0 spiro atoms.